The van der Waals surface area contributed by atoms with Gasteiger partial charge in [0.2, 0.25) is 0 Å². The molecule has 3 heteroatoms. The van der Waals surface area contributed by atoms with Crippen LogP contribution in [-0.4, -0.2) is 24.5 Å². The topological polar surface area (TPSA) is 15.3 Å². The molecule has 1 heterocycles. The minimum absolute atomic E-state index is 0.701. The number of rotatable bonds is 6. The van der Waals surface area contributed by atoms with E-state index < -0.39 is 0 Å². The SMILES string of the molecule is CC(C)CNCc1ccc(CN2CC(C)C(C)C2)c(Br)c1. The minimum Gasteiger partial charge on any atom is -0.312 e. The summed E-state index contributed by atoms with van der Waals surface area (Å²) in [6.45, 7) is 14.8. The summed E-state index contributed by atoms with van der Waals surface area (Å²) < 4.78 is 1.25. The summed E-state index contributed by atoms with van der Waals surface area (Å²) in [6.07, 6.45) is 0. The zero-order valence-electron chi connectivity index (χ0n) is 13.8. The highest BCUT2D eigenvalue weighted by molar-refractivity contribution is 9.10. The van der Waals surface area contributed by atoms with Gasteiger partial charge in [0.05, 0.1) is 0 Å². The second kappa shape index (κ2) is 7.75. The van der Waals surface area contributed by atoms with Crippen LogP contribution in [0, 0.1) is 17.8 Å². The van der Waals surface area contributed by atoms with E-state index in [1.165, 1.54) is 28.7 Å². The van der Waals surface area contributed by atoms with Crippen LogP contribution in [0.2, 0.25) is 0 Å². The molecular weight excluding hydrogens is 324 g/mol. The van der Waals surface area contributed by atoms with E-state index in [0.29, 0.717) is 5.92 Å². The molecule has 1 aliphatic heterocycles. The highest BCUT2D eigenvalue weighted by Gasteiger charge is 2.26. The lowest BCUT2D eigenvalue weighted by Crippen LogP contribution is -2.21. The quantitative estimate of drug-likeness (QED) is 0.821. The van der Waals surface area contributed by atoms with Crippen molar-refractivity contribution in [2.24, 2.45) is 17.8 Å². The number of nitrogens with one attached hydrogen (secondary N) is 1. The molecule has 1 aromatic rings. The fraction of sp³-hybridized carbons (Fsp3) is 0.667. The number of likely N-dealkylation sites (tertiary alicyclic amines) is 1. The Labute approximate surface area is 138 Å². The maximum absolute atomic E-state index is 3.75. The average Bonchev–Trinajstić information content (AvgIpc) is 2.71. The Morgan fingerprint density at radius 2 is 1.90 bits per heavy atom. The monoisotopic (exact) mass is 352 g/mol. The maximum Gasteiger partial charge on any atom is 0.0245 e. The van der Waals surface area contributed by atoms with Crippen LogP contribution in [0.1, 0.15) is 38.8 Å². The lowest BCUT2D eigenvalue weighted by Gasteiger charge is -2.17. The fourth-order valence-corrected chi connectivity index (χ4v) is 3.50. The van der Waals surface area contributed by atoms with Crippen LogP contribution in [0.25, 0.3) is 0 Å². The van der Waals surface area contributed by atoms with Crippen LogP contribution in [0.5, 0.6) is 0 Å². The van der Waals surface area contributed by atoms with E-state index in [-0.39, 0.29) is 0 Å². The van der Waals surface area contributed by atoms with Crippen LogP contribution in [0.4, 0.5) is 0 Å². The molecule has 1 aliphatic rings. The predicted molar refractivity (Wildman–Crippen MR) is 94.3 cm³/mol. The Hall–Kier alpha value is -0.380. The van der Waals surface area contributed by atoms with Crippen molar-refractivity contribution >= 4 is 15.9 Å². The Morgan fingerprint density at radius 1 is 1.24 bits per heavy atom. The summed E-state index contributed by atoms with van der Waals surface area (Å²) in [5.74, 6) is 2.35. The van der Waals surface area contributed by atoms with E-state index in [0.717, 1.165) is 31.5 Å². The van der Waals surface area contributed by atoms with Crippen LogP contribution in [-0.2, 0) is 13.1 Å². The molecule has 1 fully saturated rings. The first-order valence-corrected chi connectivity index (χ1v) is 8.95. The van der Waals surface area contributed by atoms with E-state index in [9.17, 15) is 0 Å². The van der Waals surface area contributed by atoms with Gasteiger partial charge in [0.25, 0.3) is 0 Å². The standard InChI is InChI=1S/C18H29BrN2/c1-13(2)8-20-9-16-5-6-17(18(19)7-16)12-21-10-14(3)15(4)11-21/h5-7,13-15,20H,8-12H2,1-4H3. The minimum atomic E-state index is 0.701. The summed E-state index contributed by atoms with van der Waals surface area (Å²) in [5.41, 5.74) is 2.76. The van der Waals surface area contributed by atoms with E-state index in [4.69, 9.17) is 0 Å². The maximum atomic E-state index is 3.75. The number of hydrogen-bond donors (Lipinski definition) is 1. The highest BCUT2D eigenvalue weighted by Crippen LogP contribution is 2.26. The van der Waals surface area contributed by atoms with Gasteiger partial charge in [-0.05, 0) is 41.5 Å². The van der Waals surface area contributed by atoms with Crippen molar-refractivity contribution in [3.8, 4) is 0 Å². The zero-order valence-corrected chi connectivity index (χ0v) is 15.4. The molecule has 1 saturated heterocycles. The zero-order chi connectivity index (χ0) is 15.4. The van der Waals surface area contributed by atoms with Gasteiger partial charge in [-0.25, -0.2) is 0 Å². The van der Waals surface area contributed by atoms with Crippen molar-refractivity contribution in [2.75, 3.05) is 19.6 Å². The molecule has 2 rings (SSSR count). The molecule has 21 heavy (non-hydrogen) atoms. The van der Waals surface area contributed by atoms with Crippen molar-refractivity contribution < 1.29 is 0 Å². The van der Waals surface area contributed by atoms with Gasteiger partial charge in [0.1, 0.15) is 0 Å². The molecule has 0 aromatic heterocycles. The third-order valence-electron chi connectivity index (χ3n) is 4.46. The van der Waals surface area contributed by atoms with Gasteiger partial charge in [-0.1, -0.05) is 55.8 Å². The smallest absolute Gasteiger partial charge is 0.0245 e. The fourth-order valence-electron chi connectivity index (χ4n) is 2.95. The van der Waals surface area contributed by atoms with Gasteiger partial charge < -0.3 is 5.32 Å². The first-order chi connectivity index (χ1) is 9.95. The highest BCUT2D eigenvalue weighted by atomic mass is 79.9. The van der Waals surface area contributed by atoms with Gasteiger partial charge in [-0.15, -0.1) is 0 Å². The molecule has 118 valence electrons. The third-order valence-corrected chi connectivity index (χ3v) is 5.20. The molecular formula is C18H29BrN2. The van der Waals surface area contributed by atoms with Gasteiger partial charge in [0.15, 0.2) is 0 Å². The van der Waals surface area contributed by atoms with Crippen LogP contribution in [0.15, 0.2) is 22.7 Å². The van der Waals surface area contributed by atoms with Crippen LogP contribution < -0.4 is 5.32 Å². The number of nitrogens with zero attached hydrogens (tertiary/aromatic N) is 1. The lowest BCUT2D eigenvalue weighted by molar-refractivity contribution is 0.315. The number of benzene rings is 1. The van der Waals surface area contributed by atoms with Gasteiger partial charge in [-0.3, -0.25) is 4.90 Å². The first-order valence-electron chi connectivity index (χ1n) is 8.16. The molecule has 1 N–H and O–H groups in total. The molecule has 0 bridgehead atoms. The van der Waals surface area contributed by atoms with Crippen molar-refractivity contribution in [1.82, 2.24) is 10.2 Å². The van der Waals surface area contributed by atoms with Gasteiger partial charge in [-0.2, -0.15) is 0 Å². The molecule has 0 radical (unpaired) electrons. The van der Waals surface area contributed by atoms with Crippen molar-refractivity contribution in [3.05, 3.63) is 33.8 Å². The molecule has 1 aromatic carbocycles. The van der Waals surface area contributed by atoms with Crippen molar-refractivity contribution in [3.63, 3.8) is 0 Å². The number of halogens is 1. The molecule has 0 amide bonds. The molecule has 0 spiro atoms. The summed E-state index contributed by atoms with van der Waals surface area (Å²) in [4.78, 5) is 2.58. The largest absolute Gasteiger partial charge is 0.312 e. The Bertz CT molecular complexity index is 449. The van der Waals surface area contributed by atoms with E-state index in [1.54, 1.807) is 0 Å². The van der Waals surface area contributed by atoms with Gasteiger partial charge in [0, 0.05) is 30.7 Å². The normalized spacial score (nSPS) is 23.1. The molecule has 0 aliphatic carbocycles. The molecule has 2 nitrogen and oxygen atoms in total. The average molecular weight is 353 g/mol. The first kappa shape index (κ1) is 17.0. The molecule has 0 saturated carbocycles. The summed E-state index contributed by atoms with van der Waals surface area (Å²) in [7, 11) is 0. The Balaban J connectivity index is 1.90. The molecule has 2 unspecified atom stereocenters. The Kier molecular flexibility index (Phi) is 6.27. The third kappa shape index (κ3) is 5.08. The Morgan fingerprint density at radius 3 is 2.48 bits per heavy atom. The lowest BCUT2D eigenvalue weighted by atomic mass is 10.0. The predicted octanol–water partition coefficient (Wildman–Crippen LogP) is 4.28. The second-order valence-corrected chi connectivity index (χ2v) is 7.95. The molecule has 2 atom stereocenters. The number of hydrogen-bond acceptors (Lipinski definition) is 2. The summed E-state index contributed by atoms with van der Waals surface area (Å²) >= 11 is 3.75. The summed E-state index contributed by atoms with van der Waals surface area (Å²) in [5, 5.41) is 3.50. The van der Waals surface area contributed by atoms with Gasteiger partial charge >= 0.3 is 0 Å². The van der Waals surface area contributed by atoms with E-state index in [1.807, 2.05) is 0 Å². The van der Waals surface area contributed by atoms with Crippen molar-refractivity contribution in [1.29, 1.82) is 0 Å². The second-order valence-electron chi connectivity index (χ2n) is 7.10. The van der Waals surface area contributed by atoms with Crippen molar-refractivity contribution in [2.45, 2.75) is 40.8 Å². The van der Waals surface area contributed by atoms with E-state index >= 15 is 0 Å². The summed E-state index contributed by atoms with van der Waals surface area (Å²) in [6, 6.07) is 6.81. The van der Waals surface area contributed by atoms with Crippen LogP contribution in [0.3, 0.4) is 0 Å². The van der Waals surface area contributed by atoms with Crippen LogP contribution >= 0.6 is 15.9 Å². The van der Waals surface area contributed by atoms with E-state index in [2.05, 4.69) is 72.0 Å².